The fourth-order valence-corrected chi connectivity index (χ4v) is 13.1. The van der Waals surface area contributed by atoms with Crippen LogP contribution in [0.1, 0.15) is 133 Å². The van der Waals surface area contributed by atoms with Crippen molar-refractivity contribution in [3.05, 3.63) is 0 Å². The van der Waals surface area contributed by atoms with Gasteiger partial charge in [0.05, 0.1) is 17.4 Å². The first-order chi connectivity index (χ1) is 25.1. The molecule has 3 saturated heterocycles. The normalized spacial score (nSPS) is 50.2. The van der Waals surface area contributed by atoms with Crippen molar-refractivity contribution in [1.82, 2.24) is 4.90 Å². The van der Waals surface area contributed by atoms with Crippen LogP contribution in [0.15, 0.2) is 0 Å². The van der Waals surface area contributed by atoms with Crippen molar-refractivity contribution in [2.75, 3.05) is 13.1 Å². The molecule has 4 saturated carbocycles. The molecule has 0 aromatic carbocycles. The van der Waals surface area contributed by atoms with Crippen LogP contribution in [0, 0.1) is 46.8 Å². The van der Waals surface area contributed by atoms with Crippen molar-refractivity contribution in [3.63, 3.8) is 0 Å². The molecule has 12 nitrogen and oxygen atoms in total. The van der Waals surface area contributed by atoms with Crippen LogP contribution in [0.4, 0.5) is 0 Å². The van der Waals surface area contributed by atoms with Gasteiger partial charge in [0.15, 0.2) is 6.10 Å². The van der Waals surface area contributed by atoms with Crippen molar-refractivity contribution in [2.45, 2.75) is 185 Å². The number of esters is 3. The molecule has 3 aliphatic heterocycles. The monoisotopic (exact) mass is 761 g/mol. The van der Waals surface area contributed by atoms with E-state index in [4.69, 9.17) is 18.9 Å². The highest BCUT2D eigenvalue weighted by atomic mass is 16.8. The minimum Gasteiger partial charge on any atom is -0.459 e. The molecule has 4 unspecified atom stereocenters. The summed E-state index contributed by atoms with van der Waals surface area (Å²) >= 11 is 0. The third kappa shape index (κ3) is 5.17. The Kier molecular flexibility index (Phi) is 9.79. The van der Waals surface area contributed by atoms with Gasteiger partial charge in [-0.25, -0.2) is 0 Å². The molecule has 4 aliphatic carbocycles. The number of rotatable bonds is 9. The molecule has 0 aromatic rings. The van der Waals surface area contributed by atoms with E-state index in [1.165, 1.54) is 0 Å². The first-order valence-electron chi connectivity index (χ1n) is 21.1. The largest absolute Gasteiger partial charge is 0.459 e. The number of aliphatic hydroxyl groups is 4. The van der Waals surface area contributed by atoms with E-state index in [1.54, 1.807) is 20.8 Å². The van der Waals surface area contributed by atoms with E-state index in [0.29, 0.717) is 57.4 Å². The number of hydrogen-bond acceptors (Lipinski definition) is 12. The average molecular weight is 762 g/mol. The van der Waals surface area contributed by atoms with Crippen molar-refractivity contribution in [1.29, 1.82) is 0 Å². The van der Waals surface area contributed by atoms with E-state index in [1.807, 2.05) is 27.7 Å². The highest BCUT2D eigenvalue weighted by molar-refractivity contribution is 5.73. The van der Waals surface area contributed by atoms with Crippen LogP contribution < -0.4 is 0 Å². The van der Waals surface area contributed by atoms with Crippen LogP contribution in [0.2, 0.25) is 0 Å². The highest BCUT2D eigenvalue weighted by Gasteiger charge is 2.90. The van der Waals surface area contributed by atoms with Gasteiger partial charge in [-0.05, 0) is 70.1 Å². The van der Waals surface area contributed by atoms with Crippen LogP contribution in [-0.4, -0.2) is 108 Å². The SMILES string of the molecule is CCC(C)C(=O)O[C@H]1CC[C@@]2(C)C3CC[C@@H]4C2(C[C@@]2(O)[C@@H]5CN6C[C@@H](C)CC[C@H]6[C@@](C)(O)[C@@]5(O)[C@@H](OC(=O)C(C)CC)C[C@@]42O)O[C@@]31OC(=O)CC(C)C. The zero-order chi connectivity index (χ0) is 39.6. The predicted octanol–water partition coefficient (Wildman–Crippen LogP) is 4.27. The van der Waals surface area contributed by atoms with Gasteiger partial charge in [0.25, 0.3) is 5.79 Å². The molecule has 306 valence electrons. The number of carbonyl (C=O) groups is 3. The maximum atomic E-state index is 13.7. The molecule has 3 heterocycles. The molecule has 7 fully saturated rings. The molecule has 16 atom stereocenters. The van der Waals surface area contributed by atoms with Crippen LogP contribution in [0.3, 0.4) is 0 Å². The first-order valence-corrected chi connectivity index (χ1v) is 21.1. The Morgan fingerprint density at radius 3 is 2.02 bits per heavy atom. The minimum absolute atomic E-state index is 0.000577. The van der Waals surface area contributed by atoms with Gasteiger partial charge in [-0.3, -0.25) is 19.3 Å². The second-order valence-corrected chi connectivity index (χ2v) is 19.8. The van der Waals surface area contributed by atoms with E-state index in [9.17, 15) is 34.8 Å². The third-order valence-electron chi connectivity index (χ3n) is 16.4. The van der Waals surface area contributed by atoms with Gasteiger partial charge in [-0.2, -0.15) is 0 Å². The number of piperidine rings is 2. The minimum atomic E-state index is -2.12. The van der Waals surface area contributed by atoms with Gasteiger partial charge in [-0.15, -0.1) is 0 Å². The van der Waals surface area contributed by atoms with Crippen molar-refractivity contribution < 1.29 is 53.8 Å². The lowest BCUT2D eigenvalue weighted by Gasteiger charge is -2.68. The molecule has 7 aliphatic rings. The number of nitrogens with zero attached hydrogens (tertiary/aromatic N) is 1. The number of carbonyl (C=O) groups excluding carboxylic acids is 3. The Morgan fingerprint density at radius 2 is 1.41 bits per heavy atom. The summed E-state index contributed by atoms with van der Waals surface area (Å²) in [6.07, 6.45) is 1.79. The summed E-state index contributed by atoms with van der Waals surface area (Å²) in [6.45, 7) is 17.9. The van der Waals surface area contributed by atoms with Crippen LogP contribution in [-0.2, 0) is 33.3 Å². The maximum absolute atomic E-state index is 13.7. The second-order valence-electron chi connectivity index (χ2n) is 19.8. The number of ether oxygens (including phenoxy) is 4. The van der Waals surface area contributed by atoms with E-state index in [-0.39, 0.29) is 37.6 Å². The van der Waals surface area contributed by atoms with E-state index in [2.05, 4.69) is 18.7 Å². The summed E-state index contributed by atoms with van der Waals surface area (Å²) in [7, 11) is 0. The molecule has 0 radical (unpaired) electrons. The Bertz CT molecular complexity index is 1520. The summed E-state index contributed by atoms with van der Waals surface area (Å²) in [5.41, 5.74) is -9.89. The third-order valence-corrected chi connectivity index (χ3v) is 16.4. The van der Waals surface area contributed by atoms with Gasteiger partial charge < -0.3 is 39.4 Å². The summed E-state index contributed by atoms with van der Waals surface area (Å²) in [5, 5.41) is 52.9. The Labute approximate surface area is 321 Å². The quantitative estimate of drug-likeness (QED) is 0.195. The van der Waals surface area contributed by atoms with Crippen LogP contribution in [0.5, 0.6) is 0 Å². The molecule has 7 rings (SSSR count). The van der Waals surface area contributed by atoms with Gasteiger partial charge >= 0.3 is 17.9 Å². The first kappa shape index (κ1) is 40.4. The average Bonchev–Trinajstić information content (AvgIpc) is 3.27. The van der Waals surface area contributed by atoms with Gasteiger partial charge in [0.1, 0.15) is 28.5 Å². The molecular formula is C42H67NO11. The van der Waals surface area contributed by atoms with E-state index >= 15 is 0 Å². The number of fused-ring (bicyclic) bond motifs is 5. The molecular weight excluding hydrogens is 694 g/mol. The zero-order valence-electron chi connectivity index (χ0n) is 34.1. The lowest BCUT2D eigenvalue weighted by molar-refractivity contribution is -0.355. The van der Waals surface area contributed by atoms with Gasteiger partial charge in [0, 0.05) is 61.6 Å². The van der Waals surface area contributed by atoms with Crippen LogP contribution in [0.25, 0.3) is 0 Å². The number of hydrogen-bond donors (Lipinski definition) is 4. The molecule has 4 bridgehead atoms. The Hall–Kier alpha value is -1.83. The Morgan fingerprint density at radius 1 is 0.796 bits per heavy atom. The lowest BCUT2D eigenvalue weighted by atomic mass is 9.48. The lowest BCUT2D eigenvalue weighted by Crippen LogP contribution is -2.85. The fourth-order valence-electron chi connectivity index (χ4n) is 13.1. The topological polar surface area (TPSA) is 172 Å². The summed E-state index contributed by atoms with van der Waals surface area (Å²) < 4.78 is 26.3. The van der Waals surface area contributed by atoms with E-state index < -0.39 is 99.0 Å². The fraction of sp³-hybridized carbons (Fsp3) is 0.929. The second kappa shape index (κ2) is 13.1. The summed E-state index contributed by atoms with van der Waals surface area (Å²) in [4.78, 5) is 42.9. The molecule has 0 aromatic heterocycles. The molecule has 54 heavy (non-hydrogen) atoms. The molecule has 1 spiro atoms. The van der Waals surface area contributed by atoms with Crippen LogP contribution >= 0.6 is 0 Å². The molecule has 12 heteroatoms. The summed E-state index contributed by atoms with van der Waals surface area (Å²) in [5.74, 6) is -5.86. The Balaban J connectivity index is 1.37. The van der Waals surface area contributed by atoms with Gasteiger partial charge in [-0.1, -0.05) is 55.4 Å². The maximum Gasteiger partial charge on any atom is 0.309 e. The van der Waals surface area contributed by atoms with Crippen molar-refractivity contribution in [2.24, 2.45) is 46.8 Å². The zero-order valence-corrected chi connectivity index (χ0v) is 34.1. The standard InChI is InChI=1S/C42H67NO11/c1-10-25(6)34(45)51-31-16-17-36(8)27-13-14-28-38(48)19-32(52-35(46)26(7)11-2)41(50)29(21-43-20-24(5)12-15-30(43)37(41,9)47)39(38,49)22-40(28,36)54-42(27,31)53-33(44)18-23(3)4/h23-32,47-50H,10-22H2,1-9H3/t24-,25?,26?,27?,28-,29-,30-,31-,32-,36-,37+,38+,39+,40?,41-,42-/m0/s1. The van der Waals surface area contributed by atoms with Gasteiger partial charge in [0.2, 0.25) is 0 Å². The smallest absolute Gasteiger partial charge is 0.309 e. The van der Waals surface area contributed by atoms with Crippen molar-refractivity contribution in [3.8, 4) is 0 Å². The predicted molar refractivity (Wildman–Crippen MR) is 196 cm³/mol. The molecule has 4 N–H and O–H groups in total. The van der Waals surface area contributed by atoms with Crippen molar-refractivity contribution >= 4 is 17.9 Å². The highest BCUT2D eigenvalue weighted by Crippen LogP contribution is 2.79. The summed E-state index contributed by atoms with van der Waals surface area (Å²) in [6, 6.07) is -0.454. The van der Waals surface area contributed by atoms with E-state index in [0.717, 1.165) is 6.42 Å². The molecule has 0 amide bonds.